The lowest BCUT2D eigenvalue weighted by Crippen LogP contribution is -2.38. The summed E-state index contributed by atoms with van der Waals surface area (Å²) in [6.07, 6.45) is 4.84. The lowest BCUT2D eigenvalue weighted by atomic mass is 10.1. The Balaban J connectivity index is 1.74. The van der Waals surface area contributed by atoms with Gasteiger partial charge in [-0.2, -0.15) is 0 Å². The Bertz CT molecular complexity index is 839. The predicted octanol–water partition coefficient (Wildman–Crippen LogP) is 1.97. The smallest absolute Gasteiger partial charge is 0.256 e. The summed E-state index contributed by atoms with van der Waals surface area (Å²) in [5, 5.41) is 0. The highest BCUT2D eigenvalue weighted by atomic mass is 79.9. The number of carbonyl (C=O) groups excluding carboxylic acids is 1. The number of nitrogens with zero attached hydrogens (tertiary/aromatic N) is 3. The zero-order valence-corrected chi connectivity index (χ0v) is 15.5. The number of halogens is 1. The van der Waals surface area contributed by atoms with Crippen molar-refractivity contribution in [3.63, 3.8) is 0 Å². The van der Waals surface area contributed by atoms with Crippen molar-refractivity contribution in [1.82, 2.24) is 9.80 Å². The Morgan fingerprint density at radius 3 is 2.91 bits per heavy atom. The first-order valence-corrected chi connectivity index (χ1v) is 10.0. The summed E-state index contributed by atoms with van der Waals surface area (Å²) in [6, 6.07) is 3.93. The highest BCUT2D eigenvalue weighted by molar-refractivity contribution is 9.11. The Labute approximate surface area is 147 Å². The van der Waals surface area contributed by atoms with Crippen molar-refractivity contribution >= 4 is 49.0 Å². The van der Waals surface area contributed by atoms with Crippen LogP contribution in [0.3, 0.4) is 0 Å². The molecule has 0 unspecified atom stereocenters. The quantitative estimate of drug-likeness (QED) is 0.756. The molecule has 0 saturated carbocycles. The van der Waals surface area contributed by atoms with Gasteiger partial charge in [0, 0.05) is 24.7 Å². The van der Waals surface area contributed by atoms with Crippen LogP contribution in [0.4, 0.5) is 0 Å². The van der Waals surface area contributed by atoms with Crippen LogP contribution in [0, 0.1) is 0 Å². The number of thiophene rings is 1. The summed E-state index contributed by atoms with van der Waals surface area (Å²) in [4.78, 5) is 16.9. The molecule has 0 radical (unpaired) electrons. The number of hydrogen-bond donors (Lipinski definition) is 0. The number of carbonyl (C=O) groups is 1. The van der Waals surface area contributed by atoms with Crippen molar-refractivity contribution in [3.8, 4) is 0 Å². The summed E-state index contributed by atoms with van der Waals surface area (Å²) in [6.45, 7) is 0.833. The first kappa shape index (κ1) is 16.4. The number of sulfonamides is 1. The molecular formula is C14H14BrN3O3S2. The Morgan fingerprint density at radius 2 is 2.22 bits per heavy atom. The fourth-order valence-corrected chi connectivity index (χ4v) is 4.80. The normalized spacial score (nSPS) is 19.0. The van der Waals surface area contributed by atoms with E-state index in [0.717, 1.165) is 8.66 Å². The van der Waals surface area contributed by atoms with Crippen LogP contribution in [0.2, 0.25) is 0 Å². The number of likely N-dealkylation sites (N-methyl/N-ethyl adjacent to an activating group) is 1. The summed E-state index contributed by atoms with van der Waals surface area (Å²) in [5.41, 5.74) is 0.515. The maximum Gasteiger partial charge on any atom is 0.256 e. The van der Waals surface area contributed by atoms with E-state index in [1.165, 1.54) is 0 Å². The molecule has 6 nitrogen and oxygen atoms in total. The van der Waals surface area contributed by atoms with Crippen molar-refractivity contribution < 1.29 is 13.2 Å². The first-order valence-electron chi connectivity index (χ1n) is 6.83. The Morgan fingerprint density at radius 1 is 1.43 bits per heavy atom. The molecule has 0 aliphatic carbocycles. The van der Waals surface area contributed by atoms with Gasteiger partial charge in [-0.1, -0.05) is 0 Å². The van der Waals surface area contributed by atoms with Gasteiger partial charge in [-0.3, -0.25) is 4.79 Å². The maximum atomic E-state index is 12.5. The van der Waals surface area contributed by atoms with Crippen molar-refractivity contribution in [3.05, 3.63) is 44.7 Å². The topological polar surface area (TPSA) is 70.1 Å². The number of hydrogen-bond acceptors (Lipinski definition) is 5. The van der Waals surface area contributed by atoms with Crippen LogP contribution in [0.5, 0.6) is 0 Å². The summed E-state index contributed by atoms with van der Waals surface area (Å²) >= 11 is 4.99. The highest BCUT2D eigenvalue weighted by Crippen LogP contribution is 2.24. The van der Waals surface area contributed by atoms with Gasteiger partial charge in [0.2, 0.25) is 0 Å². The molecule has 0 atom stereocenters. The van der Waals surface area contributed by atoms with Crippen molar-refractivity contribution in [1.29, 1.82) is 0 Å². The van der Waals surface area contributed by atoms with E-state index in [9.17, 15) is 13.2 Å². The van der Waals surface area contributed by atoms with Gasteiger partial charge in [0.1, 0.15) is 5.84 Å². The van der Waals surface area contributed by atoms with E-state index in [2.05, 4.69) is 20.3 Å². The molecule has 122 valence electrons. The minimum Gasteiger partial charge on any atom is -0.337 e. The average Bonchev–Trinajstić information content (AvgIpc) is 2.90. The van der Waals surface area contributed by atoms with Gasteiger partial charge >= 0.3 is 0 Å². The summed E-state index contributed by atoms with van der Waals surface area (Å²) in [5.74, 6) is 0.206. The van der Waals surface area contributed by atoms with Crippen LogP contribution in [-0.4, -0.2) is 49.3 Å². The highest BCUT2D eigenvalue weighted by Gasteiger charge is 2.25. The number of fused-ring (bicyclic) bond motifs is 1. The molecule has 2 aliphatic heterocycles. The lowest BCUT2D eigenvalue weighted by molar-refractivity contribution is -0.126. The molecule has 1 aromatic rings. The summed E-state index contributed by atoms with van der Waals surface area (Å²) in [7, 11) is -1.63. The maximum absolute atomic E-state index is 12.5. The average molecular weight is 416 g/mol. The van der Waals surface area contributed by atoms with Crippen LogP contribution in [0.15, 0.2) is 44.2 Å². The van der Waals surface area contributed by atoms with E-state index in [-0.39, 0.29) is 11.7 Å². The van der Waals surface area contributed by atoms with E-state index in [4.69, 9.17) is 0 Å². The molecule has 0 aromatic carbocycles. The zero-order valence-electron chi connectivity index (χ0n) is 12.3. The van der Waals surface area contributed by atoms with Gasteiger partial charge in [0.05, 0.1) is 21.7 Å². The largest absolute Gasteiger partial charge is 0.337 e. The van der Waals surface area contributed by atoms with Gasteiger partial charge in [-0.15, -0.1) is 15.7 Å². The standard InChI is InChI=1S/C14H14BrN3O3S2/c1-17(9-11-3-4-12(15)22-11)14(19)10-2-5-13-16-23(20,21)7-6-18(13)8-10/h2-5,8H,6-7,9H2,1H3. The van der Waals surface area contributed by atoms with E-state index < -0.39 is 10.0 Å². The molecule has 1 aromatic heterocycles. The van der Waals surface area contributed by atoms with Crippen LogP contribution in [0.1, 0.15) is 4.88 Å². The van der Waals surface area contributed by atoms with E-state index in [1.807, 2.05) is 12.1 Å². The number of amides is 1. The van der Waals surface area contributed by atoms with Crippen molar-refractivity contribution in [2.24, 2.45) is 4.40 Å². The van der Waals surface area contributed by atoms with E-state index >= 15 is 0 Å². The van der Waals surface area contributed by atoms with Crippen LogP contribution < -0.4 is 0 Å². The molecule has 0 saturated heterocycles. The molecule has 0 bridgehead atoms. The van der Waals surface area contributed by atoms with Crippen LogP contribution in [-0.2, 0) is 21.4 Å². The molecule has 0 spiro atoms. The third kappa shape index (κ3) is 3.73. The molecule has 2 aliphatic rings. The lowest BCUT2D eigenvalue weighted by Gasteiger charge is -2.28. The van der Waals surface area contributed by atoms with E-state index in [0.29, 0.717) is 24.5 Å². The number of amidine groups is 1. The fourth-order valence-electron chi connectivity index (χ4n) is 2.29. The van der Waals surface area contributed by atoms with Crippen molar-refractivity contribution in [2.45, 2.75) is 6.54 Å². The second-order valence-electron chi connectivity index (χ2n) is 5.21. The van der Waals surface area contributed by atoms with Crippen molar-refractivity contribution in [2.75, 3.05) is 19.3 Å². The molecule has 3 heterocycles. The molecule has 1 amide bonds. The minimum atomic E-state index is -3.38. The number of rotatable bonds is 3. The van der Waals surface area contributed by atoms with Gasteiger partial charge in [-0.05, 0) is 40.2 Å². The van der Waals surface area contributed by atoms with Gasteiger partial charge < -0.3 is 9.80 Å². The predicted molar refractivity (Wildman–Crippen MR) is 93.6 cm³/mol. The first-order chi connectivity index (χ1) is 10.8. The second-order valence-corrected chi connectivity index (χ2v) is 9.52. The Hall–Kier alpha value is -1.45. The Kier molecular flexibility index (Phi) is 4.43. The molecule has 0 N–H and O–H groups in total. The summed E-state index contributed by atoms with van der Waals surface area (Å²) < 4.78 is 27.7. The molecular weight excluding hydrogens is 402 g/mol. The SMILES string of the molecule is CN(Cc1ccc(Br)s1)C(=O)C1=CN2CCS(=O)(=O)N=C2C=C1. The zero-order chi connectivity index (χ0) is 16.6. The minimum absolute atomic E-state index is 0.0403. The van der Waals surface area contributed by atoms with Crippen LogP contribution >= 0.6 is 27.3 Å². The van der Waals surface area contributed by atoms with Crippen LogP contribution in [0.25, 0.3) is 0 Å². The molecule has 0 fully saturated rings. The molecule has 9 heteroatoms. The third-order valence-corrected chi connectivity index (χ3v) is 6.21. The second kappa shape index (κ2) is 6.21. The van der Waals surface area contributed by atoms with Gasteiger partial charge in [-0.25, -0.2) is 8.42 Å². The fraction of sp³-hybridized carbons (Fsp3) is 0.286. The molecule has 3 rings (SSSR count). The third-order valence-electron chi connectivity index (χ3n) is 3.44. The monoisotopic (exact) mass is 415 g/mol. The van der Waals surface area contributed by atoms with Gasteiger partial charge in [0.25, 0.3) is 15.9 Å². The molecule has 23 heavy (non-hydrogen) atoms. The van der Waals surface area contributed by atoms with Gasteiger partial charge in [0.15, 0.2) is 0 Å². The van der Waals surface area contributed by atoms with E-state index in [1.54, 1.807) is 46.5 Å².